The molecule has 1 heterocycles. The first kappa shape index (κ1) is 21.8. The van der Waals surface area contributed by atoms with Crippen molar-refractivity contribution in [2.75, 3.05) is 5.32 Å². The van der Waals surface area contributed by atoms with Crippen molar-refractivity contribution in [1.29, 1.82) is 0 Å². The zero-order valence-electron chi connectivity index (χ0n) is 17.8. The van der Waals surface area contributed by atoms with E-state index in [1.165, 1.54) is 12.5 Å². The third kappa shape index (κ3) is 4.32. The second-order valence-electron chi connectivity index (χ2n) is 8.40. The van der Waals surface area contributed by atoms with Crippen molar-refractivity contribution in [2.45, 2.75) is 32.6 Å². The van der Waals surface area contributed by atoms with Crippen LogP contribution in [0.4, 0.5) is 11.4 Å². The Morgan fingerprint density at radius 2 is 1.78 bits per heavy atom. The van der Waals surface area contributed by atoms with Crippen LogP contribution in [-0.2, 0) is 28.9 Å². The molecule has 7 heteroatoms. The van der Waals surface area contributed by atoms with Gasteiger partial charge in [-0.2, -0.15) is 0 Å². The number of benzene rings is 2. The molecule has 0 radical (unpaired) electrons. The van der Waals surface area contributed by atoms with Crippen LogP contribution in [0.2, 0.25) is 5.02 Å². The fourth-order valence-corrected chi connectivity index (χ4v) is 4.21. The van der Waals surface area contributed by atoms with Gasteiger partial charge in [-0.3, -0.25) is 14.6 Å². The Bertz CT molecular complexity index is 1180. The van der Waals surface area contributed by atoms with Crippen LogP contribution in [0.1, 0.15) is 30.2 Å². The summed E-state index contributed by atoms with van der Waals surface area (Å²) >= 11 is 6.18. The van der Waals surface area contributed by atoms with Crippen LogP contribution in [0, 0.1) is 5.41 Å². The smallest absolute Gasteiger partial charge is 0.233 e. The summed E-state index contributed by atoms with van der Waals surface area (Å²) in [6.07, 6.45) is 3.17. The topological polar surface area (TPSA) is 111 Å². The predicted molar refractivity (Wildman–Crippen MR) is 127 cm³/mol. The molecule has 0 atom stereocenters. The highest BCUT2D eigenvalue weighted by molar-refractivity contribution is 6.30. The van der Waals surface area contributed by atoms with E-state index in [4.69, 9.17) is 28.1 Å². The average Bonchev–Trinajstić information content (AvgIpc) is 3.24. The Morgan fingerprint density at radius 3 is 2.44 bits per heavy atom. The molecule has 3 aromatic rings. The highest BCUT2D eigenvalue weighted by Crippen LogP contribution is 2.34. The maximum atomic E-state index is 11.7. The Hall–Kier alpha value is -3.38. The maximum Gasteiger partial charge on any atom is 0.233 e. The summed E-state index contributed by atoms with van der Waals surface area (Å²) in [5.41, 5.74) is 16.3. The third-order valence-electron chi connectivity index (χ3n) is 6.05. The summed E-state index contributed by atoms with van der Waals surface area (Å²) in [5, 5.41) is 4.18. The quantitative estimate of drug-likeness (QED) is 0.471. The molecule has 32 heavy (non-hydrogen) atoms. The van der Waals surface area contributed by atoms with Crippen molar-refractivity contribution in [2.24, 2.45) is 16.9 Å². The Balaban J connectivity index is 1.61. The Labute approximate surface area is 192 Å². The molecule has 0 bridgehead atoms. The number of anilines is 2. The second-order valence-corrected chi connectivity index (χ2v) is 8.84. The number of fused-ring (bicyclic) bond motifs is 1. The van der Waals surface area contributed by atoms with E-state index in [0.29, 0.717) is 5.02 Å². The van der Waals surface area contributed by atoms with Gasteiger partial charge in [-0.15, -0.1) is 0 Å². The van der Waals surface area contributed by atoms with Gasteiger partial charge in [-0.05, 0) is 74.1 Å². The van der Waals surface area contributed by atoms with Gasteiger partial charge in [-0.1, -0.05) is 35.9 Å². The molecule has 2 aromatic carbocycles. The number of amides is 2. The Morgan fingerprint density at radius 1 is 1.06 bits per heavy atom. The number of nitrogens with two attached hydrogens (primary N) is 2. The van der Waals surface area contributed by atoms with Crippen molar-refractivity contribution in [3.63, 3.8) is 0 Å². The molecule has 6 nitrogen and oxygen atoms in total. The molecule has 0 saturated carbocycles. The number of primary amides is 2. The zero-order valence-corrected chi connectivity index (χ0v) is 18.6. The molecule has 4 rings (SSSR count). The number of aryl methyl sites for hydroxylation is 1. The van der Waals surface area contributed by atoms with Gasteiger partial charge in [0.15, 0.2) is 0 Å². The number of hydrogen-bond donors (Lipinski definition) is 3. The molecule has 0 fully saturated rings. The van der Waals surface area contributed by atoms with Crippen LogP contribution in [-0.4, -0.2) is 16.8 Å². The lowest BCUT2D eigenvalue weighted by atomic mass is 9.82. The standard InChI is InChI=1S/C25H25ClN4O2/c1-25(23(27)31,24(28)32)14-15-8-10-18(11-9-15)29-22-13-21(16-4-2-5-17(26)12-16)30-20-7-3-6-19(20)22/h2,4-5,8-13H,3,6-7,14H2,1H3,(H2,27,31)(H2,28,32)(H,29,30). The van der Waals surface area contributed by atoms with Gasteiger partial charge in [0.25, 0.3) is 0 Å². The van der Waals surface area contributed by atoms with E-state index in [1.54, 1.807) is 0 Å². The van der Waals surface area contributed by atoms with E-state index in [1.807, 2.05) is 48.5 Å². The lowest BCUT2D eigenvalue weighted by molar-refractivity contribution is -0.138. The normalized spacial score (nSPS) is 12.9. The van der Waals surface area contributed by atoms with Crippen LogP contribution in [0.25, 0.3) is 11.3 Å². The van der Waals surface area contributed by atoms with Crippen molar-refractivity contribution in [1.82, 2.24) is 4.98 Å². The van der Waals surface area contributed by atoms with Crippen molar-refractivity contribution < 1.29 is 9.59 Å². The van der Waals surface area contributed by atoms with Crippen LogP contribution in [0.15, 0.2) is 54.6 Å². The summed E-state index contributed by atoms with van der Waals surface area (Å²) in [6.45, 7) is 1.47. The molecule has 0 saturated heterocycles. The molecule has 164 valence electrons. The van der Waals surface area contributed by atoms with Crippen molar-refractivity contribution >= 4 is 34.8 Å². The van der Waals surface area contributed by atoms with E-state index in [-0.39, 0.29) is 6.42 Å². The lowest BCUT2D eigenvalue weighted by Gasteiger charge is -2.22. The number of pyridine rings is 1. The molecule has 0 spiro atoms. The zero-order chi connectivity index (χ0) is 22.9. The number of hydrogen-bond acceptors (Lipinski definition) is 4. The molecule has 1 aliphatic carbocycles. The summed E-state index contributed by atoms with van der Waals surface area (Å²) in [5.74, 6) is -1.46. The summed E-state index contributed by atoms with van der Waals surface area (Å²) in [4.78, 5) is 28.4. The van der Waals surface area contributed by atoms with E-state index in [2.05, 4.69) is 11.4 Å². The fraction of sp³-hybridized carbons (Fsp3) is 0.240. The maximum absolute atomic E-state index is 11.7. The van der Waals surface area contributed by atoms with Crippen LogP contribution < -0.4 is 16.8 Å². The number of nitrogens with one attached hydrogen (secondary N) is 1. The summed E-state index contributed by atoms with van der Waals surface area (Å²) in [7, 11) is 0. The molecule has 0 unspecified atom stereocenters. The van der Waals surface area contributed by atoms with Crippen LogP contribution in [0.5, 0.6) is 0 Å². The van der Waals surface area contributed by atoms with E-state index < -0.39 is 17.2 Å². The second kappa shape index (κ2) is 8.63. The largest absolute Gasteiger partial charge is 0.369 e. The monoisotopic (exact) mass is 448 g/mol. The van der Waals surface area contributed by atoms with Gasteiger partial charge in [0.2, 0.25) is 11.8 Å². The minimum absolute atomic E-state index is 0.154. The predicted octanol–water partition coefficient (Wildman–Crippen LogP) is 4.15. The molecule has 0 aliphatic heterocycles. The third-order valence-corrected chi connectivity index (χ3v) is 6.28. The minimum atomic E-state index is -1.42. The van der Waals surface area contributed by atoms with Gasteiger partial charge in [-0.25, -0.2) is 0 Å². The highest BCUT2D eigenvalue weighted by atomic mass is 35.5. The van der Waals surface area contributed by atoms with Crippen molar-refractivity contribution in [3.8, 4) is 11.3 Å². The van der Waals surface area contributed by atoms with E-state index in [0.717, 1.165) is 53.2 Å². The van der Waals surface area contributed by atoms with E-state index >= 15 is 0 Å². The number of nitrogens with zero attached hydrogens (tertiary/aromatic N) is 1. The Kier molecular flexibility index (Phi) is 5.89. The molecular weight excluding hydrogens is 424 g/mol. The van der Waals surface area contributed by atoms with Gasteiger partial charge in [0.1, 0.15) is 5.41 Å². The van der Waals surface area contributed by atoms with Crippen LogP contribution in [0.3, 0.4) is 0 Å². The molecule has 5 N–H and O–H groups in total. The number of rotatable bonds is 7. The first-order valence-corrected chi connectivity index (χ1v) is 10.9. The fourth-order valence-electron chi connectivity index (χ4n) is 4.02. The molecular formula is C25H25ClN4O2. The SMILES string of the molecule is CC(Cc1ccc(Nc2cc(-c3cccc(Cl)c3)nc3c2CCC3)cc1)(C(N)=O)C(N)=O. The summed E-state index contributed by atoms with van der Waals surface area (Å²) < 4.78 is 0. The molecule has 2 amide bonds. The first-order valence-electron chi connectivity index (χ1n) is 10.5. The van der Waals surface area contributed by atoms with Crippen molar-refractivity contribution in [3.05, 3.63) is 76.4 Å². The number of halogens is 1. The number of carbonyl (C=O) groups is 2. The van der Waals surface area contributed by atoms with Gasteiger partial charge in [0.05, 0.1) is 5.69 Å². The lowest BCUT2D eigenvalue weighted by Crippen LogP contribution is -2.46. The van der Waals surface area contributed by atoms with Crippen LogP contribution >= 0.6 is 11.6 Å². The summed E-state index contributed by atoms with van der Waals surface area (Å²) in [6, 6.07) is 17.3. The van der Waals surface area contributed by atoms with Gasteiger partial charge in [0, 0.05) is 27.7 Å². The first-order chi connectivity index (χ1) is 15.3. The van der Waals surface area contributed by atoms with Gasteiger partial charge < -0.3 is 16.8 Å². The molecule has 1 aromatic heterocycles. The average molecular weight is 449 g/mol. The van der Waals surface area contributed by atoms with E-state index in [9.17, 15) is 9.59 Å². The minimum Gasteiger partial charge on any atom is -0.369 e. The van der Waals surface area contributed by atoms with Gasteiger partial charge >= 0.3 is 0 Å². The number of aromatic nitrogens is 1. The molecule has 1 aliphatic rings. The number of carbonyl (C=O) groups excluding carboxylic acids is 2. The highest BCUT2D eigenvalue weighted by Gasteiger charge is 2.37.